The molecule has 1 aliphatic carbocycles. The third kappa shape index (κ3) is 1.78. The summed E-state index contributed by atoms with van der Waals surface area (Å²) in [6, 6.07) is 3.08. The SMILES string of the molecule is NC1CCCN(C2CCCc3occc32)C1. The first kappa shape index (κ1) is 10.4. The van der Waals surface area contributed by atoms with Crippen LogP contribution in [0.2, 0.25) is 0 Å². The number of likely N-dealkylation sites (tertiary alicyclic amines) is 1. The van der Waals surface area contributed by atoms with E-state index in [0.717, 1.165) is 13.0 Å². The summed E-state index contributed by atoms with van der Waals surface area (Å²) < 4.78 is 5.55. The highest BCUT2D eigenvalue weighted by molar-refractivity contribution is 5.24. The fraction of sp³-hybridized carbons (Fsp3) is 0.692. The summed E-state index contributed by atoms with van der Waals surface area (Å²) in [5, 5.41) is 0. The average molecular weight is 220 g/mol. The second kappa shape index (κ2) is 4.22. The number of piperidine rings is 1. The minimum absolute atomic E-state index is 0.367. The van der Waals surface area contributed by atoms with Crippen LogP contribution in [0.1, 0.15) is 43.0 Å². The fourth-order valence-electron chi connectivity index (χ4n) is 3.16. The van der Waals surface area contributed by atoms with E-state index in [-0.39, 0.29) is 0 Å². The van der Waals surface area contributed by atoms with E-state index < -0.39 is 0 Å². The summed E-state index contributed by atoms with van der Waals surface area (Å²) in [6.07, 6.45) is 7.88. The minimum atomic E-state index is 0.367. The molecule has 0 radical (unpaired) electrons. The van der Waals surface area contributed by atoms with Crippen LogP contribution in [-0.2, 0) is 6.42 Å². The fourth-order valence-corrected chi connectivity index (χ4v) is 3.16. The molecule has 1 aliphatic heterocycles. The Bertz CT molecular complexity index is 361. The molecular weight excluding hydrogens is 200 g/mol. The van der Waals surface area contributed by atoms with Crippen LogP contribution in [0.5, 0.6) is 0 Å². The average Bonchev–Trinajstić information content (AvgIpc) is 2.76. The zero-order chi connectivity index (χ0) is 11.0. The Morgan fingerprint density at radius 2 is 2.25 bits per heavy atom. The minimum Gasteiger partial charge on any atom is -0.469 e. The molecule has 0 saturated carbocycles. The van der Waals surface area contributed by atoms with Gasteiger partial charge in [-0.1, -0.05) is 0 Å². The molecule has 1 saturated heterocycles. The van der Waals surface area contributed by atoms with Crippen LogP contribution in [-0.4, -0.2) is 24.0 Å². The molecule has 2 N–H and O–H groups in total. The first-order chi connectivity index (χ1) is 7.84. The number of fused-ring (bicyclic) bond motifs is 1. The Labute approximate surface area is 96.6 Å². The smallest absolute Gasteiger partial charge is 0.108 e. The Kier molecular flexibility index (Phi) is 2.74. The van der Waals surface area contributed by atoms with Gasteiger partial charge in [0, 0.05) is 30.6 Å². The molecule has 3 heteroatoms. The van der Waals surface area contributed by atoms with E-state index in [4.69, 9.17) is 10.2 Å². The van der Waals surface area contributed by atoms with Crippen molar-refractivity contribution in [1.29, 1.82) is 0 Å². The highest BCUT2D eigenvalue weighted by Gasteiger charge is 2.30. The van der Waals surface area contributed by atoms with E-state index in [0.29, 0.717) is 12.1 Å². The molecule has 0 amide bonds. The lowest BCUT2D eigenvalue weighted by Crippen LogP contribution is -2.45. The van der Waals surface area contributed by atoms with Crippen molar-refractivity contribution in [3.63, 3.8) is 0 Å². The number of nitrogens with zero attached hydrogens (tertiary/aromatic N) is 1. The predicted octanol–water partition coefficient (Wildman–Crippen LogP) is 2.08. The number of furan rings is 1. The summed E-state index contributed by atoms with van der Waals surface area (Å²) in [5.41, 5.74) is 7.48. The number of nitrogens with two attached hydrogens (primary N) is 1. The van der Waals surface area contributed by atoms with Crippen molar-refractivity contribution in [2.45, 2.75) is 44.2 Å². The van der Waals surface area contributed by atoms with Crippen molar-refractivity contribution in [2.24, 2.45) is 5.73 Å². The first-order valence-corrected chi connectivity index (χ1v) is 6.40. The lowest BCUT2D eigenvalue weighted by Gasteiger charge is -2.38. The molecule has 16 heavy (non-hydrogen) atoms. The molecule has 1 aromatic heterocycles. The summed E-state index contributed by atoms with van der Waals surface area (Å²) in [4.78, 5) is 2.56. The summed E-state index contributed by atoms with van der Waals surface area (Å²) in [7, 11) is 0. The molecule has 1 aromatic rings. The van der Waals surface area contributed by atoms with Crippen LogP contribution in [0.3, 0.4) is 0 Å². The molecule has 2 atom stereocenters. The maximum atomic E-state index is 6.06. The molecule has 0 spiro atoms. The molecule has 3 nitrogen and oxygen atoms in total. The van der Waals surface area contributed by atoms with Gasteiger partial charge in [0.25, 0.3) is 0 Å². The molecule has 0 aromatic carbocycles. The van der Waals surface area contributed by atoms with E-state index >= 15 is 0 Å². The summed E-state index contributed by atoms with van der Waals surface area (Å²) in [5.74, 6) is 1.20. The van der Waals surface area contributed by atoms with Gasteiger partial charge in [0.2, 0.25) is 0 Å². The van der Waals surface area contributed by atoms with Gasteiger partial charge in [-0.3, -0.25) is 4.90 Å². The van der Waals surface area contributed by atoms with Gasteiger partial charge >= 0.3 is 0 Å². The zero-order valence-corrected chi connectivity index (χ0v) is 9.69. The standard InChI is InChI=1S/C13H20N2O/c14-10-3-2-7-15(9-10)12-4-1-5-13-11(12)6-8-16-13/h6,8,10,12H,1-5,7,9,14H2. The van der Waals surface area contributed by atoms with Crippen molar-refractivity contribution in [3.8, 4) is 0 Å². The molecule has 0 bridgehead atoms. The second-order valence-corrected chi connectivity index (χ2v) is 5.10. The number of rotatable bonds is 1. The monoisotopic (exact) mass is 220 g/mol. The predicted molar refractivity (Wildman–Crippen MR) is 63.2 cm³/mol. The van der Waals surface area contributed by atoms with E-state index in [1.807, 2.05) is 6.26 Å². The molecule has 88 valence electrons. The van der Waals surface area contributed by atoms with Crippen molar-refractivity contribution < 1.29 is 4.42 Å². The van der Waals surface area contributed by atoms with E-state index in [1.54, 1.807) is 0 Å². The van der Waals surface area contributed by atoms with Crippen LogP contribution in [0, 0.1) is 0 Å². The molecule has 3 rings (SSSR count). The van der Waals surface area contributed by atoms with Crippen LogP contribution in [0.25, 0.3) is 0 Å². The lowest BCUT2D eigenvalue weighted by molar-refractivity contribution is 0.133. The lowest BCUT2D eigenvalue weighted by atomic mass is 9.90. The van der Waals surface area contributed by atoms with Crippen LogP contribution >= 0.6 is 0 Å². The Morgan fingerprint density at radius 3 is 3.12 bits per heavy atom. The van der Waals surface area contributed by atoms with Crippen LogP contribution < -0.4 is 5.73 Å². The van der Waals surface area contributed by atoms with Crippen molar-refractivity contribution in [2.75, 3.05) is 13.1 Å². The summed E-state index contributed by atoms with van der Waals surface area (Å²) in [6.45, 7) is 2.25. The van der Waals surface area contributed by atoms with Gasteiger partial charge < -0.3 is 10.2 Å². The van der Waals surface area contributed by atoms with E-state index in [9.17, 15) is 0 Å². The van der Waals surface area contributed by atoms with E-state index in [2.05, 4.69) is 11.0 Å². The molecule has 1 fully saturated rings. The highest BCUT2D eigenvalue weighted by atomic mass is 16.3. The Balaban J connectivity index is 1.81. The van der Waals surface area contributed by atoms with Gasteiger partial charge in [-0.05, 0) is 38.3 Å². The number of hydrogen-bond donors (Lipinski definition) is 1. The quantitative estimate of drug-likeness (QED) is 0.788. The Morgan fingerprint density at radius 1 is 1.31 bits per heavy atom. The third-order valence-corrected chi connectivity index (χ3v) is 3.95. The third-order valence-electron chi connectivity index (χ3n) is 3.95. The van der Waals surface area contributed by atoms with Gasteiger partial charge in [0.05, 0.1) is 6.26 Å². The first-order valence-electron chi connectivity index (χ1n) is 6.40. The van der Waals surface area contributed by atoms with Crippen LogP contribution in [0.15, 0.2) is 16.7 Å². The van der Waals surface area contributed by atoms with Crippen molar-refractivity contribution in [3.05, 3.63) is 23.7 Å². The Hall–Kier alpha value is -0.800. The van der Waals surface area contributed by atoms with Crippen molar-refractivity contribution >= 4 is 0 Å². The largest absolute Gasteiger partial charge is 0.469 e. The van der Waals surface area contributed by atoms with Gasteiger partial charge in [0.15, 0.2) is 0 Å². The maximum Gasteiger partial charge on any atom is 0.108 e. The topological polar surface area (TPSA) is 42.4 Å². The molecule has 2 unspecified atom stereocenters. The maximum absolute atomic E-state index is 6.06. The van der Waals surface area contributed by atoms with Gasteiger partial charge in [-0.25, -0.2) is 0 Å². The van der Waals surface area contributed by atoms with Gasteiger partial charge in [-0.15, -0.1) is 0 Å². The molecular formula is C13H20N2O. The van der Waals surface area contributed by atoms with Gasteiger partial charge in [-0.2, -0.15) is 0 Å². The summed E-state index contributed by atoms with van der Waals surface area (Å²) >= 11 is 0. The van der Waals surface area contributed by atoms with Crippen LogP contribution in [0.4, 0.5) is 0 Å². The normalized spacial score (nSPS) is 31.3. The zero-order valence-electron chi connectivity index (χ0n) is 9.69. The number of hydrogen-bond acceptors (Lipinski definition) is 3. The number of aryl methyl sites for hydroxylation is 1. The van der Waals surface area contributed by atoms with Gasteiger partial charge in [0.1, 0.15) is 5.76 Å². The van der Waals surface area contributed by atoms with Crippen molar-refractivity contribution in [1.82, 2.24) is 4.90 Å². The molecule has 2 heterocycles. The second-order valence-electron chi connectivity index (χ2n) is 5.10. The van der Waals surface area contributed by atoms with E-state index in [1.165, 1.54) is 43.6 Å². The highest BCUT2D eigenvalue weighted by Crippen LogP contribution is 2.36. The molecule has 2 aliphatic rings.